The summed E-state index contributed by atoms with van der Waals surface area (Å²) in [5.41, 5.74) is 2.52. The van der Waals surface area contributed by atoms with Gasteiger partial charge in [0.15, 0.2) is 0 Å². The number of benzene rings is 2. The molecule has 2 rings (SSSR count). The smallest absolute Gasteiger partial charge is 0.255 e. The monoisotopic (exact) mass is 319 g/mol. The van der Waals surface area contributed by atoms with E-state index < -0.39 is 0 Å². The topological polar surface area (TPSA) is 38.3 Å². The fraction of sp³-hybridized carbons (Fsp3) is 0.133. The largest absolute Gasteiger partial charge is 0.497 e. The summed E-state index contributed by atoms with van der Waals surface area (Å²) in [5.74, 6) is 0.644. The number of nitrogens with one attached hydrogen (secondary N) is 1. The normalized spacial score (nSPS) is 10.0. The second kappa shape index (κ2) is 6.38. The van der Waals surface area contributed by atoms with Crippen molar-refractivity contribution in [2.24, 2.45) is 0 Å². The van der Waals surface area contributed by atoms with Gasteiger partial charge in [-0.3, -0.25) is 4.79 Å². The molecule has 1 N–H and O–H groups in total. The average Bonchev–Trinajstić information content (AvgIpc) is 2.48. The maximum absolute atomic E-state index is 12.0. The molecule has 19 heavy (non-hydrogen) atoms. The van der Waals surface area contributed by atoms with E-state index in [9.17, 15) is 4.79 Å². The number of hydrogen-bond acceptors (Lipinski definition) is 2. The second-order valence-electron chi connectivity index (χ2n) is 4.01. The van der Waals surface area contributed by atoms with Gasteiger partial charge in [-0.25, -0.2) is 0 Å². The number of carbonyl (C=O) groups is 1. The molecule has 0 radical (unpaired) electrons. The van der Waals surface area contributed by atoms with E-state index >= 15 is 0 Å². The highest BCUT2D eigenvalue weighted by Gasteiger charge is 2.05. The maximum Gasteiger partial charge on any atom is 0.255 e. The molecule has 0 aliphatic heterocycles. The van der Waals surface area contributed by atoms with Gasteiger partial charge in [-0.05, 0) is 42.0 Å². The molecule has 0 unspecified atom stereocenters. The van der Waals surface area contributed by atoms with Gasteiger partial charge in [0, 0.05) is 16.6 Å². The molecule has 4 heteroatoms. The molecule has 0 heterocycles. The van der Waals surface area contributed by atoms with E-state index in [2.05, 4.69) is 21.2 Å². The summed E-state index contributed by atoms with van der Waals surface area (Å²) >= 11 is 3.37. The van der Waals surface area contributed by atoms with E-state index in [0.29, 0.717) is 5.56 Å². The van der Waals surface area contributed by atoms with Crippen LogP contribution < -0.4 is 10.1 Å². The van der Waals surface area contributed by atoms with Gasteiger partial charge in [0.1, 0.15) is 5.75 Å². The van der Waals surface area contributed by atoms with Crippen molar-refractivity contribution in [1.82, 2.24) is 0 Å². The zero-order valence-corrected chi connectivity index (χ0v) is 12.1. The lowest BCUT2D eigenvalue weighted by Crippen LogP contribution is -2.11. The lowest BCUT2D eigenvalue weighted by atomic mass is 10.1. The first-order chi connectivity index (χ1) is 9.22. The van der Waals surface area contributed by atoms with E-state index in [1.54, 1.807) is 7.11 Å². The third-order valence-corrected chi connectivity index (χ3v) is 3.37. The van der Waals surface area contributed by atoms with Crippen LogP contribution in [0.3, 0.4) is 0 Å². The summed E-state index contributed by atoms with van der Waals surface area (Å²) in [4.78, 5) is 12.0. The van der Waals surface area contributed by atoms with Crippen LogP contribution >= 0.6 is 15.9 Å². The number of halogens is 1. The van der Waals surface area contributed by atoms with E-state index in [4.69, 9.17) is 4.74 Å². The second-order valence-corrected chi connectivity index (χ2v) is 4.57. The van der Waals surface area contributed by atoms with E-state index in [1.165, 1.54) is 0 Å². The van der Waals surface area contributed by atoms with Crippen molar-refractivity contribution in [3.8, 4) is 5.75 Å². The molecular weight excluding hydrogens is 306 g/mol. The third kappa shape index (κ3) is 3.58. The Balaban J connectivity index is 2.06. The first-order valence-corrected chi connectivity index (χ1v) is 6.95. The molecule has 0 saturated heterocycles. The Morgan fingerprint density at radius 2 is 1.74 bits per heavy atom. The standard InChI is InChI=1S/C15H14BrNO2/c1-19-14-8-6-13(7-9-14)17-15(18)12-4-2-11(10-16)3-5-12/h2-9H,10H2,1H3,(H,17,18). The zero-order valence-electron chi connectivity index (χ0n) is 10.5. The highest BCUT2D eigenvalue weighted by atomic mass is 79.9. The van der Waals surface area contributed by atoms with Gasteiger partial charge >= 0.3 is 0 Å². The minimum absolute atomic E-state index is 0.119. The molecule has 3 nitrogen and oxygen atoms in total. The van der Waals surface area contributed by atoms with Crippen molar-refractivity contribution >= 4 is 27.5 Å². The highest BCUT2D eigenvalue weighted by molar-refractivity contribution is 9.08. The van der Waals surface area contributed by atoms with Crippen LogP contribution in [0.4, 0.5) is 5.69 Å². The lowest BCUT2D eigenvalue weighted by Gasteiger charge is -2.06. The van der Waals surface area contributed by atoms with Gasteiger partial charge in [0.05, 0.1) is 7.11 Å². The predicted molar refractivity (Wildman–Crippen MR) is 80.0 cm³/mol. The fourth-order valence-corrected chi connectivity index (χ4v) is 2.00. The number of hydrogen-bond donors (Lipinski definition) is 1. The minimum atomic E-state index is -0.119. The Bertz CT molecular complexity index is 549. The number of carbonyl (C=O) groups excluding carboxylic acids is 1. The van der Waals surface area contributed by atoms with Crippen LogP contribution in [0, 0.1) is 0 Å². The summed E-state index contributed by atoms with van der Waals surface area (Å²) < 4.78 is 5.07. The maximum atomic E-state index is 12.0. The summed E-state index contributed by atoms with van der Waals surface area (Å²) in [7, 11) is 1.61. The third-order valence-electron chi connectivity index (χ3n) is 2.72. The van der Waals surface area contributed by atoms with Crippen LogP contribution in [0.5, 0.6) is 5.75 Å². The molecule has 98 valence electrons. The van der Waals surface area contributed by atoms with Gasteiger partial charge in [-0.1, -0.05) is 28.1 Å². The molecule has 0 fully saturated rings. The van der Waals surface area contributed by atoms with E-state index in [-0.39, 0.29) is 5.91 Å². The van der Waals surface area contributed by atoms with Crippen LogP contribution in [-0.4, -0.2) is 13.0 Å². The fourth-order valence-electron chi connectivity index (χ4n) is 1.62. The Morgan fingerprint density at radius 1 is 1.11 bits per heavy atom. The summed E-state index contributed by atoms with van der Waals surface area (Å²) in [6.07, 6.45) is 0. The van der Waals surface area contributed by atoms with Gasteiger partial charge in [0.25, 0.3) is 5.91 Å². The molecule has 0 bridgehead atoms. The predicted octanol–water partition coefficient (Wildman–Crippen LogP) is 3.84. The SMILES string of the molecule is COc1ccc(NC(=O)c2ccc(CBr)cc2)cc1. The molecule has 0 atom stereocenters. The van der Waals surface area contributed by atoms with Gasteiger partial charge in [0.2, 0.25) is 0 Å². The lowest BCUT2D eigenvalue weighted by molar-refractivity contribution is 0.102. The number of methoxy groups -OCH3 is 1. The minimum Gasteiger partial charge on any atom is -0.497 e. The van der Waals surface area contributed by atoms with Crippen LogP contribution in [0.15, 0.2) is 48.5 Å². The Kier molecular flexibility index (Phi) is 4.58. The van der Waals surface area contributed by atoms with Crippen molar-refractivity contribution in [2.45, 2.75) is 5.33 Å². The van der Waals surface area contributed by atoms with Crippen molar-refractivity contribution < 1.29 is 9.53 Å². The molecule has 0 spiro atoms. The van der Waals surface area contributed by atoms with Crippen molar-refractivity contribution in [3.63, 3.8) is 0 Å². The van der Waals surface area contributed by atoms with E-state index in [1.807, 2.05) is 48.5 Å². The van der Waals surface area contributed by atoms with E-state index in [0.717, 1.165) is 22.3 Å². The van der Waals surface area contributed by atoms with Crippen LogP contribution in [0.1, 0.15) is 15.9 Å². The highest BCUT2D eigenvalue weighted by Crippen LogP contribution is 2.16. The number of alkyl halides is 1. The van der Waals surface area contributed by atoms with Gasteiger partial charge in [-0.15, -0.1) is 0 Å². The van der Waals surface area contributed by atoms with Crippen LogP contribution in [-0.2, 0) is 5.33 Å². The number of anilines is 1. The van der Waals surface area contributed by atoms with Crippen molar-refractivity contribution in [2.75, 3.05) is 12.4 Å². The van der Waals surface area contributed by atoms with Crippen LogP contribution in [0.25, 0.3) is 0 Å². The van der Waals surface area contributed by atoms with Gasteiger partial charge < -0.3 is 10.1 Å². The molecule has 1 amide bonds. The van der Waals surface area contributed by atoms with Crippen molar-refractivity contribution in [1.29, 1.82) is 0 Å². The molecular formula is C15H14BrNO2. The summed E-state index contributed by atoms with van der Waals surface area (Å²) in [6.45, 7) is 0. The van der Waals surface area contributed by atoms with Crippen LogP contribution in [0.2, 0.25) is 0 Å². The summed E-state index contributed by atoms with van der Waals surface area (Å²) in [5, 5.41) is 3.63. The first-order valence-electron chi connectivity index (χ1n) is 5.83. The Morgan fingerprint density at radius 3 is 2.26 bits per heavy atom. The molecule has 0 saturated carbocycles. The molecule has 0 aromatic heterocycles. The average molecular weight is 320 g/mol. The Hall–Kier alpha value is -1.81. The quantitative estimate of drug-likeness (QED) is 0.869. The number of rotatable bonds is 4. The van der Waals surface area contributed by atoms with Gasteiger partial charge in [-0.2, -0.15) is 0 Å². The molecule has 2 aromatic carbocycles. The number of ether oxygens (including phenoxy) is 1. The molecule has 0 aliphatic carbocycles. The Labute approximate surface area is 120 Å². The molecule has 0 aliphatic rings. The zero-order chi connectivity index (χ0) is 13.7. The number of amides is 1. The summed E-state index contributed by atoms with van der Waals surface area (Å²) in [6, 6.07) is 14.7. The van der Waals surface area contributed by atoms with Crippen molar-refractivity contribution in [3.05, 3.63) is 59.7 Å². The first kappa shape index (κ1) is 13.6. The molecule has 2 aromatic rings.